The van der Waals surface area contributed by atoms with Crippen LogP contribution in [0.4, 0.5) is 0 Å². The van der Waals surface area contributed by atoms with Gasteiger partial charge >= 0.3 is 0 Å². The van der Waals surface area contributed by atoms with Crippen LogP contribution in [0.2, 0.25) is 0 Å². The summed E-state index contributed by atoms with van der Waals surface area (Å²) in [5.74, 6) is 0. The molecule has 0 saturated heterocycles. The quantitative estimate of drug-likeness (QED) is 0.666. The average molecular weight is 179 g/mol. The molecule has 0 aliphatic rings. The third-order valence-electron chi connectivity index (χ3n) is 1.95. The Balaban J connectivity index is 4.16. The third-order valence-corrected chi connectivity index (χ3v) is 2.91. The van der Waals surface area contributed by atoms with Crippen molar-refractivity contribution in [3.63, 3.8) is 0 Å². The van der Waals surface area contributed by atoms with Crippen molar-refractivity contribution >= 4 is 11.3 Å². The van der Waals surface area contributed by atoms with Gasteiger partial charge < -0.3 is 0 Å². The van der Waals surface area contributed by atoms with Crippen molar-refractivity contribution < 1.29 is 8.76 Å². The van der Waals surface area contributed by atoms with E-state index >= 15 is 0 Å². The molecule has 0 fully saturated rings. The lowest BCUT2D eigenvalue weighted by Gasteiger charge is -2.31. The summed E-state index contributed by atoms with van der Waals surface area (Å²) in [6.07, 6.45) is 1.95. The van der Waals surface area contributed by atoms with E-state index < -0.39 is 11.3 Å². The zero-order valence-corrected chi connectivity index (χ0v) is 8.44. The molecular weight excluding hydrogens is 162 g/mol. The lowest BCUT2D eigenvalue weighted by atomic mass is 10.00. The van der Waals surface area contributed by atoms with Crippen LogP contribution in [0.25, 0.3) is 0 Å². The molecule has 1 unspecified atom stereocenters. The average Bonchev–Trinajstić information content (AvgIpc) is 1.86. The van der Waals surface area contributed by atoms with Gasteiger partial charge in [-0.25, -0.2) is 4.21 Å². The molecule has 0 spiro atoms. The number of nitrogens with zero attached hydrogens (tertiary/aromatic N) is 1. The van der Waals surface area contributed by atoms with Crippen LogP contribution in [-0.4, -0.2) is 25.7 Å². The Kier molecular flexibility index (Phi) is 4.21. The Bertz CT molecular complexity index is 147. The van der Waals surface area contributed by atoms with Crippen molar-refractivity contribution in [2.24, 2.45) is 0 Å². The Morgan fingerprint density at radius 1 is 1.55 bits per heavy atom. The van der Waals surface area contributed by atoms with Crippen LogP contribution >= 0.6 is 0 Å². The largest absolute Gasteiger partial charge is 0.294 e. The van der Waals surface area contributed by atoms with Gasteiger partial charge in [0.15, 0.2) is 0 Å². The molecule has 4 heteroatoms. The van der Waals surface area contributed by atoms with Gasteiger partial charge in [-0.2, -0.15) is 4.31 Å². The van der Waals surface area contributed by atoms with Crippen LogP contribution in [-0.2, 0) is 11.3 Å². The van der Waals surface area contributed by atoms with Crippen LogP contribution < -0.4 is 0 Å². The summed E-state index contributed by atoms with van der Waals surface area (Å²) in [6.45, 7) is 5.99. The Morgan fingerprint density at radius 2 is 2.00 bits per heavy atom. The highest BCUT2D eigenvalue weighted by Crippen LogP contribution is 2.19. The summed E-state index contributed by atoms with van der Waals surface area (Å²) in [7, 11) is 1.66. The van der Waals surface area contributed by atoms with Crippen LogP contribution in [0.3, 0.4) is 0 Å². The van der Waals surface area contributed by atoms with Crippen molar-refractivity contribution in [1.29, 1.82) is 0 Å². The van der Waals surface area contributed by atoms with Crippen molar-refractivity contribution in [3.8, 4) is 0 Å². The zero-order valence-electron chi connectivity index (χ0n) is 7.63. The highest BCUT2D eigenvalue weighted by Gasteiger charge is 2.25. The lowest BCUT2D eigenvalue weighted by Crippen LogP contribution is -2.41. The predicted molar refractivity (Wildman–Crippen MR) is 47.5 cm³/mol. The minimum Gasteiger partial charge on any atom is -0.294 e. The number of hydrogen-bond acceptors (Lipinski definition) is 1. The first-order chi connectivity index (χ1) is 4.91. The van der Waals surface area contributed by atoms with Gasteiger partial charge in [0.2, 0.25) is 11.3 Å². The molecule has 0 aromatic carbocycles. The molecule has 0 amide bonds. The molecule has 0 aliphatic heterocycles. The molecule has 0 aliphatic carbocycles. The van der Waals surface area contributed by atoms with Crippen molar-refractivity contribution in [3.05, 3.63) is 0 Å². The van der Waals surface area contributed by atoms with E-state index in [9.17, 15) is 4.21 Å². The summed E-state index contributed by atoms with van der Waals surface area (Å²) in [5.41, 5.74) is -0.186. The first-order valence-corrected chi connectivity index (χ1v) is 4.83. The molecule has 0 radical (unpaired) electrons. The van der Waals surface area contributed by atoms with E-state index in [0.29, 0.717) is 0 Å². The van der Waals surface area contributed by atoms with Gasteiger partial charge in [0.25, 0.3) is 0 Å². The van der Waals surface area contributed by atoms with E-state index in [1.54, 1.807) is 7.05 Å². The molecule has 0 rings (SSSR count). The molecule has 11 heavy (non-hydrogen) atoms. The van der Waals surface area contributed by atoms with E-state index in [1.165, 1.54) is 4.31 Å². The first kappa shape index (κ1) is 11.1. The maximum absolute atomic E-state index is 10.7. The fourth-order valence-electron chi connectivity index (χ4n) is 0.981. The maximum Gasteiger partial charge on any atom is 0.234 e. The molecule has 3 nitrogen and oxygen atoms in total. The molecule has 1 atom stereocenters. The molecule has 0 aromatic heterocycles. The Hall–Kier alpha value is 0.0700. The highest BCUT2D eigenvalue weighted by atomic mass is 32.2. The molecule has 1 N–H and O–H groups in total. The number of rotatable bonds is 4. The summed E-state index contributed by atoms with van der Waals surface area (Å²) in [6, 6.07) is 0. The highest BCUT2D eigenvalue weighted by molar-refractivity contribution is 7.76. The van der Waals surface area contributed by atoms with Gasteiger partial charge in [-0.3, -0.25) is 4.55 Å². The van der Waals surface area contributed by atoms with Crippen LogP contribution in [0.1, 0.15) is 33.6 Å². The van der Waals surface area contributed by atoms with E-state index in [4.69, 9.17) is 4.55 Å². The monoisotopic (exact) mass is 179 g/mol. The maximum atomic E-state index is 10.7. The Morgan fingerprint density at radius 3 is 2.27 bits per heavy atom. The van der Waals surface area contributed by atoms with Crippen molar-refractivity contribution in [2.75, 3.05) is 7.05 Å². The van der Waals surface area contributed by atoms with E-state index in [2.05, 4.69) is 6.92 Å². The van der Waals surface area contributed by atoms with Crippen molar-refractivity contribution in [1.82, 2.24) is 4.31 Å². The first-order valence-electron chi connectivity index (χ1n) is 3.76. The third kappa shape index (κ3) is 3.31. The molecule has 0 bridgehead atoms. The van der Waals surface area contributed by atoms with Crippen LogP contribution in [0, 0.1) is 0 Å². The van der Waals surface area contributed by atoms with Crippen LogP contribution in [0.5, 0.6) is 0 Å². The minimum absolute atomic E-state index is 0.186. The summed E-state index contributed by atoms with van der Waals surface area (Å²) >= 11 is -1.85. The normalized spacial score (nSPS) is 15.5. The molecule has 0 saturated carbocycles. The summed E-state index contributed by atoms with van der Waals surface area (Å²) < 4.78 is 20.9. The lowest BCUT2D eigenvalue weighted by molar-refractivity contribution is 0.242. The van der Waals surface area contributed by atoms with E-state index in [1.807, 2.05) is 13.8 Å². The Labute approximate surface area is 71.2 Å². The number of hydrogen-bond donors (Lipinski definition) is 1. The SMILES string of the molecule is CCCC(C)(C)N(C)S(=O)O. The second-order valence-corrected chi connectivity index (χ2v) is 4.30. The van der Waals surface area contributed by atoms with Gasteiger partial charge in [-0.05, 0) is 20.3 Å². The summed E-state index contributed by atoms with van der Waals surface area (Å²) in [4.78, 5) is 0. The fraction of sp³-hybridized carbons (Fsp3) is 1.00. The van der Waals surface area contributed by atoms with Crippen LogP contribution in [0.15, 0.2) is 0 Å². The molecule has 0 aromatic rings. The topological polar surface area (TPSA) is 40.5 Å². The second kappa shape index (κ2) is 4.18. The molecular formula is C7H17NO2S. The second-order valence-electron chi connectivity index (χ2n) is 3.29. The van der Waals surface area contributed by atoms with Gasteiger partial charge in [-0.1, -0.05) is 13.3 Å². The predicted octanol–water partition coefficient (Wildman–Crippen LogP) is 1.63. The molecule has 0 heterocycles. The van der Waals surface area contributed by atoms with Gasteiger partial charge in [0.05, 0.1) is 0 Å². The minimum atomic E-state index is -1.85. The zero-order chi connectivity index (χ0) is 9.07. The van der Waals surface area contributed by atoms with Gasteiger partial charge in [0, 0.05) is 12.6 Å². The van der Waals surface area contributed by atoms with E-state index in [0.717, 1.165) is 12.8 Å². The van der Waals surface area contributed by atoms with E-state index in [-0.39, 0.29) is 5.54 Å². The summed E-state index contributed by atoms with van der Waals surface area (Å²) in [5, 5.41) is 0. The van der Waals surface area contributed by atoms with Gasteiger partial charge in [0.1, 0.15) is 0 Å². The fourth-order valence-corrected chi connectivity index (χ4v) is 1.49. The molecule has 68 valence electrons. The van der Waals surface area contributed by atoms with Gasteiger partial charge in [-0.15, -0.1) is 0 Å². The smallest absolute Gasteiger partial charge is 0.234 e. The van der Waals surface area contributed by atoms with Crippen molar-refractivity contribution in [2.45, 2.75) is 39.2 Å². The standard InChI is InChI=1S/C7H17NO2S/c1-5-6-7(2,3)8(4)11(9)10/h5-6H2,1-4H3,(H,9,10).